The zero-order chi connectivity index (χ0) is 15.7. The Balaban J connectivity index is 1.98. The minimum Gasteiger partial charge on any atom is -0.377 e. The fraction of sp³-hybridized carbons (Fsp3) is 0.389. The quantitative estimate of drug-likeness (QED) is 0.626. The molecule has 0 unspecified atom stereocenters. The highest BCUT2D eigenvalue weighted by molar-refractivity contribution is 6.13. The number of rotatable bonds is 4. The summed E-state index contributed by atoms with van der Waals surface area (Å²) in [7, 11) is 0. The van der Waals surface area contributed by atoms with Crippen LogP contribution in [0.2, 0.25) is 0 Å². The average molecular weight is 300 g/mol. The predicted octanol–water partition coefficient (Wildman–Crippen LogP) is 4.15. The van der Waals surface area contributed by atoms with E-state index < -0.39 is 0 Å². The first-order valence-corrected chi connectivity index (χ1v) is 7.83. The lowest BCUT2D eigenvalue weighted by Gasteiger charge is -2.09. The van der Waals surface area contributed by atoms with Gasteiger partial charge >= 0.3 is 0 Å². The number of carbonyl (C=O) groups is 1. The van der Waals surface area contributed by atoms with Crippen LogP contribution in [-0.2, 0) is 0 Å². The minimum atomic E-state index is -0.313. The summed E-state index contributed by atoms with van der Waals surface area (Å²) < 4.78 is 15.6. The van der Waals surface area contributed by atoms with Gasteiger partial charge in [-0.15, -0.1) is 0 Å². The molecule has 0 radical (unpaired) electrons. The third-order valence-electron chi connectivity index (χ3n) is 4.19. The maximum Gasteiger partial charge on any atom is 0.189 e. The Bertz CT molecular complexity index is 724. The van der Waals surface area contributed by atoms with Gasteiger partial charge in [0.2, 0.25) is 0 Å². The molecule has 0 aliphatic carbocycles. The van der Waals surface area contributed by atoms with Crippen molar-refractivity contribution in [1.82, 2.24) is 9.47 Å². The molecule has 1 fully saturated rings. The first kappa shape index (κ1) is 14.8. The summed E-state index contributed by atoms with van der Waals surface area (Å²) >= 11 is 0. The lowest BCUT2D eigenvalue weighted by Crippen LogP contribution is -2.11. The molecule has 4 heteroatoms. The van der Waals surface area contributed by atoms with E-state index >= 15 is 0 Å². The van der Waals surface area contributed by atoms with Gasteiger partial charge in [0.05, 0.1) is 0 Å². The molecule has 0 atom stereocenters. The molecular weight excluding hydrogens is 279 g/mol. The molecule has 3 rings (SSSR count). The lowest BCUT2D eigenvalue weighted by atomic mass is 10.1. The van der Waals surface area contributed by atoms with Gasteiger partial charge in [-0.1, -0.05) is 0 Å². The second-order valence-electron chi connectivity index (χ2n) is 6.13. The van der Waals surface area contributed by atoms with Crippen molar-refractivity contribution in [3.8, 4) is 0 Å². The van der Waals surface area contributed by atoms with Crippen LogP contribution in [0, 0.1) is 5.82 Å². The molecule has 2 heterocycles. The van der Waals surface area contributed by atoms with Crippen molar-refractivity contribution >= 4 is 16.7 Å². The third-order valence-corrected chi connectivity index (χ3v) is 4.19. The molecule has 0 amide bonds. The first-order valence-electron chi connectivity index (χ1n) is 7.83. The molecule has 116 valence electrons. The van der Waals surface area contributed by atoms with E-state index in [1.807, 2.05) is 17.0 Å². The largest absolute Gasteiger partial charge is 0.377 e. The van der Waals surface area contributed by atoms with Gasteiger partial charge in [0, 0.05) is 54.1 Å². The molecular formula is C18H21FN2O. The number of aromatic nitrogens is 1. The van der Waals surface area contributed by atoms with Gasteiger partial charge in [-0.2, -0.15) is 0 Å². The molecule has 1 aliphatic rings. The molecule has 22 heavy (non-hydrogen) atoms. The number of hydrogen-bond acceptors (Lipinski definition) is 2. The zero-order valence-corrected chi connectivity index (χ0v) is 13.1. The molecule has 1 aromatic heterocycles. The van der Waals surface area contributed by atoms with Crippen LogP contribution in [0.3, 0.4) is 0 Å². The normalized spacial score (nSPS) is 15.5. The number of halogens is 1. The molecule has 0 N–H and O–H groups in total. The maximum atomic E-state index is 13.6. The van der Waals surface area contributed by atoms with Crippen LogP contribution in [0.1, 0.15) is 43.1 Å². The van der Waals surface area contributed by atoms with Gasteiger partial charge in [0.1, 0.15) is 5.82 Å². The summed E-state index contributed by atoms with van der Waals surface area (Å²) in [4.78, 5) is 14.7. The van der Waals surface area contributed by atoms with Crippen molar-refractivity contribution in [2.45, 2.75) is 32.7 Å². The van der Waals surface area contributed by atoms with Crippen LogP contribution >= 0.6 is 0 Å². The van der Waals surface area contributed by atoms with Crippen molar-refractivity contribution in [3.05, 3.63) is 48.1 Å². The molecule has 1 aromatic carbocycles. The molecule has 0 spiro atoms. The number of allylic oxidation sites excluding steroid dienone is 1. The van der Waals surface area contributed by atoms with Gasteiger partial charge in [-0.25, -0.2) is 4.39 Å². The fourth-order valence-electron chi connectivity index (χ4n) is 3.00. The second kappa shape index (κ2) is 5.95. The van der Waals surface area contributed by atoms with Crippen molar-refractivity contribution in [1.29, 1.82) is 0 Å². The summed E-state index contributed by atoms with van der Waals surface area (Å²) in [6, 6.07) is 4.85. The van der Waals surface area contributed by atoms with Crippen molar-refractivity contribution in [2.24, 2.45) is 0 Å². The van der Waals surface area contributed by atoms with E-state index in [1.54, 1.807) is 12.1 Å². The molecule has 0 bridgehead atoms. The van der Waals surface area contributed by atoms with Crippen LogP contribution in [0.5, 0.6) is 0 Å². The van der Waals surface area contributed by atoms with Crippen molar-refractivity contribution in [3.63, 3.8) is 0 Å². The van der Waals surface area contributed by atoms with E-state index in [0.717, 1.165) is 18.6 Å². The van der Waals surface area contributed by atoms with Gasteiger partial charge in [0.25, 0.3) is 0 Å². The summed E-state index contributed by atoms with van der Waals surface area (Å²) in [6.45, 7) is 6.12. The average Bonchev–Trinajstić information content (AvgIpc) is 3.11. The second-order valence-corrected chi connectivity index (χ2v) is 6.13. The Morgan fingerprint density at radius 2 is 2.00 bits per heavy atom. The Kier molecular flexibility index (Phi) is 4.01. The topological polar surface area (TPSA) is 25.2 Å². The van der Waals surface area contributed by atoms with E-state index in [9.17, 15) is 9.18 Å². The Hall–Kier alpha value is -2.10. The van der Waals surface area contributed by atoms with Gasteiger partial charge in [-0.05, 0) is 44.9 Å². The maximum absolute atomic E-state index is 13.6. The number of likely N-dealkylation sites (tertiary alicyclic amines) is 1. The summed E-state index contributed by atoms with van der Waals surface area (Å²) in [5.74, 6) is -0.381. The minimum absolute atomic E-state index is 0.0677. The molecule has 3 nitrogen and oxygen atoms in total. The van der Waals surface area contributed by atoms with Crippen LogP contribution in [-0.4, -0.2) is 28.3 Å². The number of carbonyl (C=O) groups excluding carboxylic acids is 1. The number of ketones is 1. The van der Waals surface area contributed by atoms with Gasteiger partial charge in [0.15, 0.2) is 5.78 Å². The predicted molar refractivity (Wildman–Crippen MR) is 86.6 cm³/mol. The van der Waals surface area contributed by atoms with Crippen molar-refractivity contribution in [2.75, 3.05) is 13.1 Å². The lowest BCUT2D eigenvalue weighted by molar-refractivity contribution is 0.104. The smallest absolute Gasteiger partial charge is 0.189 e. The highest BCUT2D eigenvalue weighted by atomic mass is 19.1. The molecule has 2 aromatic rings. The third kappa shape index (κ3) is 2.78. The van der Waals surface area contributed by atoms with Crippen LogP contribution in [0.15, 0.2) is 36.7 Å². The van der Waals surface area contributed by atoms with E-state index in [4.69, 9.17) is 0 Å². The Morgan fingerprint density at radius 1 is 1.27 bits per heavy atom. The monoisotopic (exact) mass is 300 g/mol. The summed E-state index contributed by atoms with van der Waals surface area (Å²) in [5, 5.41) is 0.685. The number of benzene rings is 1. The van der Waals surface area contributed by atoms with Crippen LogP contribution in [0.25, 0.3) is 10.9 Å². The van der Waals surface area contributed by atoms with Crippen LogP contribution in [0.4, 0.5) is 4.39 Å². The van der Waals surface area contributed by atoms with E-state index in [1.165, 1.54) is 25.0 Å². The Morgan fingerprint density at radius 3 is 2.68 bits per heavy atom. The van der Waals surface area contributed by atoms with Gasteiger partial charge in [-0.3, -0.25) is 4.79 Å². The van der Waals surface area contributed by atoms with Crippen molar-refractivity contribution < 1.29 is 9.18 Å². The highest BCUT2D eigenvalue weighted by Crippen LogP contribution is 2.26. The number of fused-ring (bicyclic) bond motifs is 1. The SMILES string of the molecule is CC(C)n1cc(C(=O)/C=C/N2CCCC2)c2cc(F)ccc21. The zero-order valence-electron chi connectivity index (χ0n) is 13.1. The number of hydrogen-bond donors (Lipinski definition) is 0. The van der Waals surface area contributed by atoms with E-state index in [2.05, 4.69) is 18.7 Å². The number of nitrogens with zero attached hydrogens (tertiary/aromatic N) is 2. The van der Waals surface area contributed by atoms with E-state index in [0.29, 0.717) is 10.9 Å². The summed E-state index contributed by atoms with van der Waals surface area (Å²) in [5.41, 5.74) is 1.47. The Labute approximate surface area is 130 Å². The first-order chi connectivity index (χ1) is 10.6. The fourth-order valence-corrected chi connectivity index (χ4v) is 3.00. The molecule has 1 aliphatic heterocycles. The molecule has 0 saturated carbocycles. The molecule has 1 saturated heterocycles. The highest BCUT2D eigenvalue weighted by Gasteiger charge is 2.16. The van der Waals surface area contributed by atoms with Crippen LogP contribution < -0.4 is 0 Å². The van der Waals surface area contributed by atoms with Gasteiger partial charge < -0.3 is 9.47 Å². The summed E-state index contributed by atoms with van der Waals surface area (Å²) in [6.07, 6.45) is 7.67. The standard InChI is InChI=1S/C18H21FN2O/c1-13(2)21-12-16(15-11-14(19)5-6-17(15)21)18(22)7-10-20-8-3-4-9-20/h5-7,10-13H,3-4,8-9H2,1-2H3/b10-7+. The van der Waals surface area contributed by atoms with E-state index in [-0.39, 0.29) is 17.6 Å².